The van der Waals surface area contributed by atoms with E-state index in [0.717, 1.165) is 12.8 Å². The molecule has 0 radical (unpaired) electrons. The lowest BCUT2D eigenvalue weighted by atomic mass is 10.1. The fourth-order valence-corrected chi connectivity index (χ4v) is 1.86. The Morgan fingerprint density at radius 2 is 1.68 bits per heavy atom. The lowest BCUT2D eigenvalue weighted by Gasteiger charge is -2.20. The van der Waals surface area contributed by atoms with Crippen LogP contribution < -0.4 is 10.6 Å². The van der Waals surface area contributed by atoms with Crippen LogP contribution in [0.5, 0.6) is 0 Å². The number of rotatable bonds is 8. The average molecular weight is 271 g/mol. The molecule has 5 heteroatoms. The van der Waals surface area contributed by atoms with E-state index in [0.29, 0.717) is 0 Å². The van der Waals surface area contributed by atoms with Crippen LogP contribution in [0.15, 0.2) is 0 Å². The van der Waals surface area contributed by atoms with Crippen molar-refractivity contribution in [2.24, 2.45) is 0 Å². The molecule has 2 N–H and O–H groups in total. The van der Waals surface area contributed by atoms with Crippen molar-refractivity contribution in [3.63, 3.8) is 0 Å². The van der Waals surface area contributed by atoms with Gasteiger partial charge in [0.1, 0.15) is 6.04 Å². The number of unbranched alkanes of at least 4 members (excludes halogenated alkanes) is 3. The molecule has 0 aliphatic rings. The normalized spacial score (nSPS) is 13.5. The van der Waals surface area contributed by atoms with Crippen LogP contribution in [0.3, 0.4) is 0 Å². The molecule has 2 atom stereocenters. The van der Waals surface area contributed by atoms with Gasteiger partial charge in [-0.05, 0) is 20.3 Å². The Bertz CT molecular complexity index is 280. The van der Waals surface area contributed by atoms with Gasteiger partial charge in [-0.25, -0.2) is 4.79 Å². The molecule has 0 aliphatic carbocycles. The van der Waals surface area contributed by atoms with Gasteiger partial charge in [0.2, 0.25) is 5.91 Å². The third-order valence-electron chi connectivity index (χ3n) is 3.03. The number of likely N-dealkylation sites (N-methyl/N-ethyl adjacent to an activating group) is 1. The maximum Gasteiger partial charge on any atom is 0.315 e. The first-order valence-electron chi connectivity index (χ1n) is 7.16. The van der Waals surface area contributed by atoms with E-state index in [9.17, 15) is 9.59 Å². The summed E-state index contributed by atoms with van der Waals surface area (Å²) in [6, 6.07) is -0.633. The number of urea groups is 1. The average Bonchev–Trinajstić information content (AvgIpc) is 2.33. The molecule has 0 unspecified atom stereocenters. The first-order valence-corrected chi connectivity index (χ1v) is 7.16. The zero-order valence-electron chi connectivity index (χ0n) is 13.0. The lowest BCUT2D eigenvalue weighted by Crippen LogP contribution is -2.49. The summed E-state index contributed by atoms with van der Waals surface area (Å²) in [6.45, 7) is 5.86. The maximum absolute atomic E-state index is 11.7. The second-order valence-corrected chi connectivity index (χ2v) is 5.32. The molecule has 0 aromatic carbocycles. The van der Waals surface area contributed by atoms with Gasteiger partial charge in [-0.1, -0.05) is 32.6 Å². The second-order valence-electron chi connectivity index (χ2n) is 5.32. The quantitative estimate of drug-likeness (QED) is 0.664. The topological polar surface area (TPSA) is 61.4 Å². The van der Waals surface area contributed by atoms with Crippen molar-refractivity contribution in [1.29, 1.82) is 0 Å². The van der Waals surface area contributed by atoms with Crippen LogP contribution >= 0.6 is 0 Å². The molecule has 19 heavy (non-hydrogen) atoms. The number of hydrogen-bond acceptors (Lipinski definition) is 2. The van der Waals surface area contributed by atoms with Crippen molar-refractivity contribution < 1.29 is 9.59 Å². The molecule has 3 amide bonds. The first kappa shape index (κ1) is 17.7. The van der Waals surface area contributed by atoms with E-state index in [1.54, 1.807) is 21.0 Å². The molecule has 5 nitrogen and oxygen atoms in total. The van der Waals surface area contributed by atoms with Crippen molar-refractivity contribution in [3.05, 3.63) is 0 Å². The predicted molar refractivity (Wildman–Crippen MR) is 78.0 cm³/mol. The Labute approximate surface area is 117 Å². The van der Waals surface area contributed by atoms with E-state index in [1.165, 1.54) is 24.2 Å². The zero-order chi connectivity index (χ0) is 14.8. The second kappa shape index (κ2) is 9.64. The van der Waals surface area contributed by atoms with Crippen molar-refractivity contribution in [2.75, 3.05) is 14.1 Å². The van der Waals surface area contributed by atoms with Gasteiger partial charge >= 0.3 is 6.03 Å². The van der Waals surface area contributed by atoms with Crippen LogP contribution in [0.4, 0.5) is 4.79 Å². The number of hydrogen-bond donors (Lipinski definition) is 2. The van der Waals surface area contributed by atoms with Crippen LogP contribution in [-0.2, 0) is 4.79 Å². The van der Waals surface area contributed by atoms with E-state index in [1.807, 2.05) is 6.92 Å². The van der Waals surface area contributed by atoms with E-state index >= 15 is 0 Å². The molecule has 0 rings (SSSR count). The number of carbonyl (C=O) groups is 2. The number of amides is 3. The molecular formula is C14H29N3O2. The molecule has 0 saturated carbocycles. The summed E-state index contributed by atoms with van der Waals surface area (Å²) in [5.41, 5.74) is 0. The summed E-state index contributed by atoms with van der Waals surface area (Å²) in [5.74, 6) is -0.106. The summed E-state index contributed by atoms with van der Waals surface area (Å²) in [4.78, 5) is 24.7. The molecular weight excluding hydrogens is 242 g/mol. The van der Waals surface area contributed by atoms with Crippen LogP contribution in [0.2, 0.25) is 0 Å². The highest BCUT2D eigenvalue weighted by Crippen LogP contribution is 2.05. The maximum atomic E-state index is 11.7. The smallest absolute Gasteiger partial charge is 0.315 e. The van der Waals surface area contributed by atoms with Crippen molar-refractivity contribution in [1.82, 2.24) is 15.5 Å². The Morgan fingerprint density at radius 1 is 1.05 bits per heavy atom. The van der Waals surface area contributed by atoms with Crippen molar-refractivity contribution >= 4 is 11.9 Å². The van der Waals surface area contributed by atoms with Crippen LogP contribution in [0.1, 0.15) is 52.9 Å². The molecule has 0 aliphatic heterocycles. The molecule has 0 saturated heterocycles. The van der Waals surface area contributed by atoms with Crippen LogP contribution in [0.25, 0.3) is 0 Å². The summed E-state index contributed by atoms with van der Waals surface area (Å²) >= 11 is 0. The molecule has 0 heterocycles. The van der Waals surface area contributed by atoms with Gasteiger partial charge in [-0.15, -0.1) is 0 Å². The number of nitrogens with zero attached hydrogens (tertiary/aromatic N) is 1. The summed E-state index contributed by atoms with van der Waals surface area (Å²) in [5, 5.41) is 5.51. The molecule has 0 aromatic heterocycles. The minimum Gasteiger partial charge on any atom is -0.347 e. The van der Waals surface area contributed by atoms with E-state index < -0.39 is 6.04 Å². The lowest BCUT2D eigenvalue weighted by molar-refractivity contribution is -0.130. The Hall–Kier alpha value is -1.26. The van der Waals surface area contributed by atoms with Crippen molar-refractivity contribution in [2.45, 2.75) is 65.0 Å². The van der Waals surface area contributed by atoms with Gasteiger partial charge in [0, 0.05) is 20.1 Å². The monoisotopic (exact) mass is 271 g/mol. The van der Waals surface area contributed by atoms with Gasteiger partial charge in [0.05, 0.1) is 0 Å². The van der Waals surface area contributed by atoms with E-state index in [4.69, 9.17) is 0 Å². The Balaban J connectivity index is 3.87. The molecule has 0 bridgehead atoms. The summed E-state index contributed by atoms with van der Waals surface area (Å²) in [7, 11) is 3.35. The van der Waals surface area contributed by atoms with Gasteiger partial charge in [-0.2, -0.15) is 0 Å². The van der Waals surface area contributed by atoms with Gasteiger partial charge in [0.15, 0.2) is 0 Å². The van der Waals surface area contributed by atoms with E-state index in [2.05, 4.69) is 17.6 Å². The molecule has 0 fully saturated rings. The fraction of sp³-hybridized carbons (Fsp3) is 0.857. The summed E-state index contributed by atoms with van der Waals surface area (Å²) in [6.07, 6.45) is 5.77. The Morgan fingerprint density at radius 3 is 2.21 bits per heavy atom. The van der Waals surface area contributed by atoms with Crippen LogP contribution in [-0.4, -0.2) is 43.0 Å². The minimum atomic E-state index is -0.498. The highest BCUT2D eigenvalue weighted by molar-refractivity contribution is 5.86. The number of carbonyl (C=O) groups excluding carboxylic acids is 2. The third-order valence-corrected chi connectivity index (χ3v) is 3.03. The molecule has 0 spiro atoms. The first-order chi connectivity index (χ1) is 8.88. The highest BCUT2D eigenvalue weighted by atomic mass is 16.2. The standard InChI is InChI=1S/C14H29N3O2/c1-6-7-8-9-10-11(2)15-14(19)16-12(3)13(18)17(4)5/h11-12H,6-10H2,1-5H3,(H2,15,16,19)/t11-,12-/m0/s1. The van der Waals surface area contributed by atoms with Gasteiger partial charge < -0.3 is 15.5 Å². The highest BCUT2D eigenvalue weighted by Gasteiger charge is 2.17. The van der Waals surface area contributed by atoms with Gasteiger partial charge in [-0.3, -0.25) is 4.79 Å². The number of nitrogens with one attached hydrogen (secondary N) is 2. The largest absolute Gasteiger partial charge is 0.347 e. The predicted octanol–water partition coefficient (Wildman–Crippen LogP) is 2.12. The zero-order valence-corrected chi connectivity index (χ0v) is 13.0. The summed E-state index contributed by atoms with van der Waals surface area (Å²) < 4.78 is 0. The van der Waals surface area contributed by atoms with E-state index in [-0.39, 0.29) is 18.0 Å². The molecule has 0 aromatic rings. The van der Waals surface area contributed by atoms with Crippen molar-refractivity contribution in [3.8, 4) is 0 Å². The fourth-order valence-electron chi connectivity index (χ4n) is 1.86. The third kappa shape index (κ3) is 8.46. The van der Waals surface area contributed by atoms with Crippen LogP contribution in [0, 0.1) is 0 Å². The minimum absolute atomic E-state index is 0.106. The Kier molecular flexibility index (Phi) is 9.00. The molecule has 112 valence electrons. The SMILES string of the molecule is CCCCCC[C@H](C)NC(=O)N[C@@H](C)C(=O)N(C)C. The van der Waals surface area contributed by atoms with Gasteiger partial charge in [0.25, 0.3) is 0 Å².